The summed E-state index contributed by atoms with van der Waals surface area (Å²) in [5.74, 6) is 0. The van der Waals surface area contributed by atoms with Gasteiger partial charge in [-0.1, -0.05) is 11.3 Å². The Balaban J connectivity index is 2.64. The zero-order chi connectivity index (χ0) is 8.13. The fraction of sp³-hybridized carbons (Fsp3) is 0. The molecule has 0 aromatic carbocycles. The number of aromatic hydroxyl groups is 1. The zero-order valence-corrected chi connectivity index (χ0v) is 8.35. The predicted octanol–water partition coefficient (Wildman–Crippen LogP) is 3.88. The van der Waals surface area contributed by atoms with Crippen LogP contribution >= 0.6 is 34.0 Å². The average Bonchev–Trinajstić information content (AvgIpc) is 2.59. The Kier molecular flexibility index (Phi) is 1.27. The molecule has 60 valence electrons. The first-order valence-corrected chi connectivity index (χ1v) is 5.94. The third kappa shape index (κ3) is 0.772. The molecule has 0 fully saturated rings. The summed E-state index contributed by atoms with van der Waals surface area (Å²) < 4.78 is 5.10. The molecule has 3 aromatic rings. The van der Waals surface area contributed by atoms with Gasteiger partial charge in [-0.3, -0.25) is 0 Å². The molecule has 0 aliphatic heterocycles. The molecule has 0 aliphatic rings. The molecule has 0 spiro atoms. The largest absolute Gasteiger partial charge is 0.499 e. The third-order valence-corrected chi connectivity index (χ3v) is 5.12. The standard InChI is InChI=1S/C8H4OS3/c9-6-3-5-8(12-6)7-4(11-5)1-2-10-7/h1-3,9H. The van der Waals surface area contributed by atoms with E-state index in [9.17, 15) is 5.11 Å². The van der Waals surface area contributed by atoms with E-state index in [-0.39, 0.29) is 0 Å². The number of rotatable bonds is 0. The molecule has 0 radical (unpaired) electrons. The molecule has 3 aromatic heterocycles. The molecule has 0 saturated carbocycles. The molecular formula is C8H4OS3. The van der Waals surface area contributed by atoms with Crippen LogP contribution in [0, 0.1) is 0 Å². The van der Waals surface area contributed by atoms with Crippen LogP contribution in [0.3, 0.4) is 0 Å². The first kappa shape index (κ1) is 6.88. The molecule has 12 heavy (non-hydrogen) atoms. The summed E-state index contributed by atoms with van der Waals surface area (Å²) >= 11 is 4.97. The van der Waals surface area contributed by atoms with E-state index in [0.717, 1.165) is 0 Å². The maximum absolute atomic E-state index is 9.27. The van der Waals surface area contributed by atoms with Crippen molar-refractivity contribution in [1.82, 2.24) is 0 Å². The second-order valence-electron chi connectivity index (χ2n) is 2.49. The van der Waals surface area contributed by atoms with Crippen LogP contribution in [0.5, 0.6) is 5.06 Å². The first-order chi connectivity index (χ1) is 5.84. The van der Waals surface area contributed by atoms with E-state index in [4.69, 9.17) is 0 Å². The molecule has 0 saturated heterocycles. The molecule has 3 heterocycles. The summed E-state index contributed by atoms with van der Waals surface area (Å²) in [6, 6.07) is 3.98. The van der Waals surface area contributed by atoms with Gasteiger partial charge in [-0.05, 0) is 11.4 Å². The van der Waals surface area contributed by atoms with E-state index >= 15 is 0 Å². The van der Waals surface area contributed by atoms with Gasteiger partial charge in [0.05, 0.1) is 14.1 Å². The van der Waals surface area contributed by atoms with Crippen molar-refractivity contribution in [2.45, 2.75) is 0 Å². The fourth-order valence-corrected chi connectivity index (χ4v) is 4.76. The molecule has 4 heteroatoms. The minimum atomic E-state index is 0.423. The molecule has 0 atom stereocenters. The van der Waals surface area contributed by atoms with Crippen LogP contribution < -0.4 is 0 Å². The number of hydrogen-bond donors (Lipinski definition) is 1. The molecule has 0 bridgehead atoms. The fourth-order valence-electron chi connectivity index (χ4n) is 1.26. The maximum atomic E-state index is 9.27. The van der Waals surface area contributed by atoms with Crippen LogP contribution in [-0.4, -0.2) is 5.11 Å². The van der Waals surface area contributed by atoms with Crippen LogP contribution in [0.1, 0.15) is 0 Å². The van der Waals surface area contributed by atoms with E-state index in [1.165, 1.54) is 30.1 Å². The van der Waals surface area contributed by atoms with Crippen LogP contribution in [0.4, 0.5) is 0 Å². The van der Waals surface area contributed by atoms with Gasteiger partial charge in [0.15, 0.2) is 5.06 Å². The topological polar surface area (TPSA) is 20.2 Å². The number of thiophene rings is 3. The lowest BCUT2D eigenvalue weighted by molar-refractivity contribution is 0.491. The van der Waals surface area contributed by atoms with Crippen LogP contribution in [0.15, 0.2) is 17.5 Å². The summed E-state index contributed by atoms with van der Waals surface area (Å²) in [7, 11) is 0. The van der Waals surface area contributed by atoms with Gasteiger partial charge in [0, 0.05) is 10.8 Å². The highest BCUT2D eigenvalue weighted by molar-refractivity contribution is 7.38. The molecule has 0 unspecified atom stereocenters. The zero-order valence-electron chi connectivity index (χ0n) is 5.90. The first-order valence-electron chi connectivity index (χ1n) is 3.43. The van der Waals surface area contributed by atoms with E-state index in [2.05, 4.69) is 11.4 Å². The van der Waals surface area contributed by atoms with Crippen molar-refractivity contribution in [3.8, 4) is 5.06 Å². The lowest BCUT2D eigenvalue weighted by atomic mass is 10.5. The van der Waals surface area contributed by atoms with Crippen molar-refractivity contribution in [1.29, 1.82) is 0 Å². The lowest BCUT2D eigenvalue weighted by Crippen LogP contribution is -1.40. The highest BCUT2D eigenvalue weighted by Crippen LogP contribution is 2.43. The summed E-state index contributed by atoms with van der Waals surface area (Å²) in [6.07, 6.45) is 0. The molecule has 3 rings (SSSR count). The van der Waals surface area contributed by atoms with Crippen LogP contribution in [0.2, 0.25) is 0 Å². The highest BCUT2D eigenvalue weighted by atomic mass is 32.1. The number of fused-ring (bicyclic) bond motifs is 3. The van der Waals surface area contributed by atoms with Crippen molar-refractivity contribution >= 4 is 52.8 Å². The molecule has 1 N–H and O–H groups in total. The van der Waals surface area contributed by atoms with E-state index in [1.54, 1.807) is 22.7 Å². The minimum absolute atomic E-state index is 0.423. The maximum Gasteiger partial charge on any atom is 0.173 e. The minimum Gasteiger partial charge on any atom is -0.499 e. The Morgan fingerprint density at radius 3 is 2.92 bits per heavy atom. The Labute approximate surface area is 80.5 Å². The monoisotopic (exact) mass is 212 g/mol. The van der Waals surface area contributed by atoms with Crippen LogP contribution in [0.25, 0.3) is 18.8 Å². The van der Waals surface area contributed by atoms with Gasteiger partial charge in [0.2, 0.25) is 0 Å². The summed E-state index contributed by atoms with van der Waals surface area (Å²) in [5.41, 5.74) is 0. The number of hydrogen-bond acceptors (Lipinski definition) is 4. The van der Waals surface area contributed by atoms with Gasteiger partial charge >= 0.3 is 0 Å². The van der Waals surface area contributed by atoms with E-state index < -0.39 is 0 Å². The third-order valence-electron chi connectivity index (χ3n) is 1.74. The van der Waals surface area contributed by atoms with Crippen molar-refractivity contribution in [2.24, 2.45) is 0 Å². The van der Waals surface area contributed by atoms with E-state index in [0.29, 0.717) is 5.06 Å². The molecule has 1 nitrogen and oxygen atoms in total. The van der Waals surface area contributed by atoms with E-state index in [1.807, 2.05) is 6.07 Å². The second-order valence-corrected chi connectivity index (χ2v) is 5.52. The summed E-state index contributed by atoms with van der Waals surface area (Å²) in [6.45, 7) is 0. The van der Waals surface area contributed by atoms with Crippen molar-refractivity contribution in [3.63, 3.8) is 0 Å². The summed E-state index contributed by atoms with van der Waals surface area (Å²) in [4.78, 5) is 0. The van der Waals surface area contributed by atoms with Gasteiger partial charge in [-0.25, -0.2) is 0 Å². The summed E-state index contributed by atoms with van der Waals surface area (Å²) in [5, 5.41) is 11.8. The Bertz CT molecular complexity index is 543. The van der Waals surface area contributed by atoms with Gasteiger partial charge in [-0.2, -0.15) is 0 Å². The Morgan fingerprint density at radius 1 is 1.08 bits per heavy atom. The van der Waals surface area contributed by atoms with Gasteiger partial charge in [0.25, 0.3) is 0 Å². The van der Waals surface area contributed by atoms with Crippen molar-refractivity contribution in [3.05, 3.63) is 17.5 Å². The van der Waals surface area contributed by atoms with Crippen LogP contribution in [-0.2, 0) is 0 Å². The van der Waals surface area contributed by atoms with Gasteiger partial charge in [-0.15, -0.1) is 22.7 Å². The Hall–Kier alpha value is -0.580. The molecule has 0 aliphatic carbocycles. The van der Waals surface area contributed by atoms with Gasteiger partial charge in [0.1, 0.15) is 0 Å². The van der Waals surface area contributed by atoms with Crippen molar-refractivity contribution < 1.29 is 5.11 Å². The average molecular weight is 212 g/mol. The SMILES string of the molecule is Oc1cc2sc3ccsc3c2s1. The smallest absolute Gasteiger partial charge is 0.173 e. The molecule has 0 amide bonds. The second kappa shape index (κ2) is 2.22. The normalized spacial score (nSPS) is 11.7. The van der Waals surface area contributed by atoms with Gasteiger partial charge < -0.3 is 5.11 Å². The highest BCUT2D eigenvalue weighted by Gasteiger charge is 2.09. The van der Waals surface area contributed by atoms with Crippen molar-refractivity contribution in [2.75, 3.05) is 0 Å². The quantitative estimate of drug-likeness (QED) is 0.599. The predicted molar refractivity (Wildman–Crippen MR) is 56.7 cm³/mol. The molecular weight excluding hydrogens is 208 g/mol. The lowest BCUT2D eigenvalue weighted by Gasteiger charge is -1.75. The Morgan fingerprint density at radius 2 is 2.00 bits per heavy atom.